The molecule has 6 heteroatoms. The summed E-state index contributed by atoms with van der Waals surface area (Å²) in [5.41, 5.74) is 3.52. The van der Waals surface area contributed by atoms with Crippen LogP contribution in [0.15, 0.2) is 40.9 Å². The molecule has 0 bridgehead atoms. The Morgan fingerprint density at radius 1 is 1.16 bits per heavy atom. The zero-order valence-corrected chi connectivity index (χ0v) is 12.0. The molecule has 0 aliphatic heterocycles. The van der Waals surface area contributed by atoms with Gasteiger partial charge in [0.25, 0.3) is 0 Å². The molecule has 3 N–H and O–H groups in total. The van der Waals surface area contributed by atoms with Crippen LogP contribution in [0.1, 0.15) is 17.2 Å². The molecule has 2 aromatic carbocycles. The highest BCUT2D eigenvalue weighted by Gasteiger charge is 2.17. The molecule has 0 aliphatic carbocycles. The van der Waals surface area contributed by atoms with E-state index in [1.807, 2.05) is 0 Å². The van der Waals surface area contributed by atoms with Crippen LogP contribution in [0.25, 0.3) is 0 Å². The Hall–Kier alpha value is -1.01. The minimum absolute atomic E-state index is 0.345. The standard InChI is InChI=1S/C13H10BrClF2N2/c14-10-3-1-7(5-12(10)17)13(19-18)9-6-8(16)2-4-11(9)15/h1-6,13,19H,18H2. The van der Waals surface area contributed by atoms with E-state index < -0.39 is 17.7 Å². The summed E-state index contributed by atoms with van der Waals surface area (Å²) in [5.74, 6) is 4.62. The van der Waals surface area contributed by atoms with Gasteiger partial charge in [-0.3, -0.25) is 5.84 Å². The van der Waals surface area contributed by atoms with Gasteiger partial charge in [0.05, 0.1) is 10.5 Å². The third-order valence-corrected chi connectivity index (χ3v) is 3.70. The minimum Gasteiger partial charge on any atom is -0.271 e. The van der Waals surface area contributed by atoms with Gasteiger partial charge >= 0.3 is 0 Å². The van der Waals surface area contributed by atoms with Crippen molar-refractivity contribution < 1.29 is 8.78 Å². The van der Waals surface area contributed by atoms with Crippen molar-refractivity contribution in [3.63, 3.8) is 0 Å². The topological polar surface area (TPSA) is 38.0 Å². The van der Waals surface area contributed by atoms with Gasteiger partial charge in [-0.15, -0.1) is 0 Å². The van der Waals surface area contributed by atoms with Crippen LogP contribution in [-0.2, 0) is 0 Å². The molecular formula is C13H10BrClF2N2. The Morgan fingerprint density at radius 2 is 1.89 bits per heavy atom. The highest BCUT2D eigenvalue weighted by Crippen LogP contribution is 2.30. The summed E-state index contributed by atoms with van der Waals surface area (Å²) in [6.07, 6.45) is 0. The zero-order valence-electron chi connectivity index (χ0n) is 9.63. The molecule has 19 heavy (non-hydrogen) atoms. The van der Waals surface area contributed by atoms with Gasteiger partial charge in [-0.05, 0) is 57.4 Å². The number of hydrogen-bond donors (Lipinski definition) is 2. The van der Waals surface area contributed by atoms with Gasteiger partial charge in [-0.1, -0.05) is 17.7 Å². The molecule has 1 unspecified atom stereocenters. The third kappa shape index (κ3) is 3.12. The number of nitrogens with one attached hydrogen (secondary N) is 1. The predicted molar refractivity (Wildman–Crippen MR) is 74.7 cm³/mol. The molecule has 1 atom stereocenters. The molecule has 0 amide bonds. The number of hydrazine groups is 1. The summed E-state index contributed by atoms with van der Waals surface area (Å²) in [5, 5.41) is 0.354. The lowest BCUT2D eigenvalue weighted by Gasteiger charge is -2.18. The number of rotatable bonds is 3. The highest BCUT2D eigenvalue weighted by molar-refractivity contribution is 9.10. The van der Waals surface area contributed by atoms with E-state index >= 15 is 0 Å². The van der Waals surface area contributed by atoms with Crippen molar-refractivity contribution in [3.05, 3.63) is 68.7 Å². The van der Waals surface area contributed by atoms with E-state index in [4.69, 9.17) is 17.4 Å². The first-order chi connectivity index (χ1) is 9.02. The van der Waals surface area contributed by atoms with Gasteiger partial charge in [0.1, 0.15) is 11.6 Å². The Kier molecular flexibility index (Phi) is 4.52. The summed E-state index contributed by atoms with van der Waals surface area (Å²) < 4.78 is 27.2. The van der Waals surface area contributed by atoms with Crippen LogP contribution in [0.2, 0.25) is 5.02 Å². The summed E-state index contributed by atoms with van der Waals surface area (Å²) in [6, 6.07) is 7.92. The van der Waals surface area contributed by atoms with Gasteiger partial charge in [0.15, 0.2) is 0 Å². The average Bonchev–Trinajstić information content (AvgIpc) is 2.38. The second-order valence-corrected chi connectivity index (χ2v) is 5.20. The van der Waals surface area contributed by atoms with Crippen LogP contribution in [0, 0.1) is 11.6 Å². The van der Waals surface area contributed by atoms with Crippen molar-refractivity contribution >= 4 is 27.5 Å². The lowest BCUT2D eigenvalue weighted by Crippen LogP contribution is -2.29. The molecule has 0 aromatic heterocycles. The molecule has 0 spiro atoms. The largest absolute Gasteiger partial charge is 0.271 e. The second kappa shape index (κ2) is 5.96. The fraction of sp³-hybridized carbons (Fsp3) is 0.0769. The van der Waals surface area contributed by atoms with Gasteiger partial charge in [-0.25, -0.2) is 14.2 Å². The molecule has 2 nitrogen and oxygen atoms in total. The molecular weight excluding hydrogens is 338 g/mol. The van der Waals surface area contributed by atoms with Crippen molar-refractivity contribution in [3.8, 4) is 0 Å². The Bertz CT molecular complexity index is 607. The maximum absolute atomic E-state index is 13.5. The number of hydrogen-bond acceptors (Lipinski definition) is 2. The first kappa shape index (κ1) is 14.4. The van der Waals surface area contributed by atoms with E-state index in [2.05, 4.69) is 21.4 Å². The van der Waals surface area contributed by atoms with Gasteiger partial charge in [0, 0.05) is 5.02 Å². The van der Waals surface area contributed by atoms with Gasteiger partial charge in [0.2, 0.25) is 0 Å². The third-order valence-electron chi connectivity index (χ3n) is 2.71. The Morgan fingerprint density at radius 3 is 2.53 bits per heavy atom. The second-order valence-electron chi connectivity index (χ2n) is 3.94. The smallest absolute Gasteiger partial charge is 0.137 e. The van der Waals surface area contributed by atoms with Gasteiger partial charge < -0.3 is 0 Å². The maximum atomic E-state index is 13.5. The van der Waals surface area contributed by atoms with Crippen molar-refractivity contribution in [2.45, 2.75) is 6.04 Å². The van der Waals surface area contributed by atoms with Crippen molar-refractivity contribution in [2.24, 2.45) is 5.84 Å². The molecule has 2 rings (SSSR count). The SMILES string of the molecule is NNC(c1ccc(Br)c(F)c1)c1cc(F)ccc1Cl. The zero-order chi connectivity index (χ0) is 14.0. The van der Waals surface area contributed by atoms with E-state index in [0.717, 1.165) is 0 Å². The van der Waals surface area contributed by atoms with Crippen LogP contribution in [-0.4, -0.2) is 0 Å². The van der Waals surface area contributed by atoms with E-state index in [-0.39, 0.29) is 0 Å². The molecule has 0 heterocycles. The van der Waals surface area contributed by atoms with E-state index in [1.165, 1.54) is 24.3 Å². The molecule has 0 fully saturated rings. The van der Waals surface area contributed by atoms with E-state index in [9.17, 15) is 8.78 Å². The van der Waals surface area contributed by atoms with E-state index in [0.29, 0.717) is 20.6 Å². The normalized spacial score (nSPS) is 12.5. The molecule has 0 saturated heterocycles. The summed E-state index contributed by atoms with van der Waals surface area (Å²) >= 11 is 9.10. The predicted octanol–water partition coefficient (Wildman–Crippen LogP) is 3.93. The van der Waals surface area contributed by atoms with E-state index in [1.54, 1.807) is 12.1 Å². The fourth-order valence-corrected chi connectivity index (χ4v) is 2.27. The summed E-state index contributed by atoms with van der Waals surface area (Å²) in [7, 11) is 0. The quantitative estimate of drug-likeness (QED) is 0.652. The lowest BCUT2D eigenvalue weighted by molar-refractivity contribution is 0.592. The Balaban J connectivity index is 2.49. The molecule has 100 valence electrons. The van der Waals surface area contributed by atoms with Crippen LogP contribution in [0.5, 0.6) is 0 Å². The van der Waals surface area contributed by atoms with Crippen LogP contribution >= 0.6 is 27.5 Å². The molecule has 0 aliphatic rings. The van der Waals surface area contributed by atoms with Crippen LogP contribution in [0.4, 0.5) is 8.78 Å². The summed E-state index contributed by atoms with van der Waals surface area (Å²) in [4.78, 5) is 0. The first-order valence-electron chi connectivity index (χ1n) is 5.39. The van der Waals surface area contributed by atoms with Crippen molar-refractivity contribution in [1.29, 1.82) is 0 Å². The highest BCUT2D eigenvalue weighted by atomic mass is 79.9. The van der Waals surface area contributed by atoms with Crippen LogP contribution < -0.4 is 11.3 Å². The number of benzene rings is 2. The van der Waals surface area contributed by atoms with Crippen molar-refractivity contribution in [2.75, 3.05) is 0 Å². The molecule has 2 aromatic rings. The average molecular weight is 348 g/mol. The Labute approximate surface area is 122 Å². The molecule has 0 saturated carbocycles. The number of halogens is 4. The van der Waals surface area contributed by atoms with Gasteiger partial charge in [-0.2, -0.15) is 0 Å². The number of nitrogens with two attached hydrogens (primary N) is 1. The monoisotopic (exact) mass is 346 g/mol. The lowest BCUT2D eigenvalue weighted by atomic mass is 9.99. The maximum Gasteiger partial charge on any atom is 0.137 e. The van der Waals surface area contributed by atoms with Crippen LogP contribution in [0.3, 0.4) is 0 Å². The summed E-state index contributed by atoms with van der Waals surface area (Å²) in [6.45, 7) is 0. The minimum atomic E-state index is -0.592. The molecule has 0 radical (unpaired) electrons. The fourth-order valence-electron chi connectivity index (χ4n) is 1.79. The first-order valence-corrected chi connectivity index (χ1v) is 6.56. The van der Waals surface area contributed by atoms with Crippen molar-refractivity contribution in [1.82, 2.24) is 5.43 Å².